The molecular weight excluding hydrogens is 382 g/mol. The molecule has 1 aromatic carbocycles. The van der Waals surface area contributed by atoms with Gasteiger partial charge in [-0.2, -0.15) is 0 Å². The Balaban J connectivity index is 1.61. The third-order valence-electron chi connectivity index (χ3n) is 4.21. The number of halogens is 1. The summed E-state index contributed by atoms with van der Waals surface area (Å²) in [5, 5.41) is 2.94. The van der Waals surface area contributed by atoms with Crippen molar-refractivity contribution in [1.82, 2.24) is 10.3 Å². The second-order valence-electron chi connectivity index (χ2n) is 5.99. The minimum absolute atomic E-state index is 0.0338. The Labute approximate surface area is 153 Å². The molecule has 0 atom stereocenters. The summed E-state index contributed by atoms with van der Waals surface area (Å²) in [4.78, 5) is 16.1. The Morgan fingerprint density at radius 2 is 1.92 bits per heavy atom. The van der Waals surface area contributed by atoms with Crippen LogP contribution in [0.1, 0.15) is 42.6 Å². The molecule has 0 saturated heterocycles. The number of hydrogen-bond donors (Lipinski definition) is 1. The van der Waals surface area contributed by atoms with Crippen LogP contribution in [-0.4, -0.2) is 32.4 Å². The number of rotatable bonds is 6. The first-order valence-corrected chi connectivity index (χ1v) is 10.3. The fourth-order valence-corrected chi connectivity index (χ4v) is 5.36. The van der Waals surface area contributed by atoms with Crippen molar-refractivity contribution in [2.75, 3.05) is 6.54 Å². The summed E-state index contributed by atoms with van der Waals surface area (Å²) in [5.74, 6) is -0.249. The van der Waals surface area contributed by atoms with Crippen LogP contribution in [-0.2, 0) is 0 Å². The van der Waals surface area contributed by atoms with Crippen LogP contribution in [0, 0.1) is 5.82 Å². The number of aromatic nitrogens is 1. The van der Waals surface area contributed by atoms with Gasteiger partial charge in [-0.3, -0.25) is 0 Å². The van der Waals surface area contributed by atoms with Gasteiger partial charge in [0.1, 0.15) is 0 Å². The summed E-state index contributed by atoms with van der Waals surface area (Å²) in [6, 6.07) is 12.4. The second-order valence-corrected chi connectivity index (χ2v) is 8.37. The standard InChI is InChI=1S/C20H21FN2OSe/c21-16-8-2-4-11-19(16)25-18-10-3-1-7-15(18)12-14-23-20(24)17-9-5-6-13-22-17/h2,4-6,8-9,11,13H,1,3,7,10,12,14H2,(H,23,24). The van der Waals surface area contributed by atoms with E-state index < -0.39 is 0 Å². The minimum atomic E-state index is -0.141. The molecule has 3 rings (SSSR count). The Bertz CT molecular complexity index is 761. The zero-order valence-electron chi connectivity index (χ0n) is 14.0. The summed E-state index contributed by atoms with van der Waals surface area (Å²) < 4.78 is 16.2. The van der Waals surface area contributed by atoms with Gasteiger partial charge in [0, 0.05) is 0 Å². The van der Waals surface area contributed by atoms with Crippen LogP contribution >= 0.6 is 0 Å². The fourth-order valence-electron chi connectivity index (χ4n) is 2.90. The number of carbonyl (C=O) groups excluding carboxylic acids is 1. The summed E-state index contributed by atoms with van der Waals surface area (Å²) in [7, 11) is 0. The fraction of sp³-hybridized carbons (Fsp3) is 0.300. The zero-order valence-corrected chi connectivity index (χ0v) is 15.7. The topological polar surface area (TPSA) is 42.0 Å². The van der Waals surface area contributed by atoms with E-state index in [4.69, 9.17) is 0 Å². The predicted molar refractivity (Wildman–Crippen MR) is 98.5 cm³/mol. The van der Waals surface area contributed by atoms with E-state index in [-0.39, 0.29) is 26.7 Å². The van der Waals surface area contributed by atoms with E-state index in [1.807, 2.05) is 12.1 Å². The van der Waals surface area contributed by atoms with Crippen LogP contribution in [0.25, 0.3) is 0 Å². The van der Waals surface area contributed by atoms with E-state index in [9.17, 15) is 9.18 Å². The van der Waals surface area contributed by atoms with Crippen LogP contribution in [0.3, 0.4) is 0 Å². The van der Waals surface area contributed by atoms with Crippen LogP contribution in [0.5, 0.6) is 0 Å². The average molecular weight is 403 g/mol. The van der Waals surface area contributed by atoms with Crippen LogP contribution in [0.15, 0.2) is 58.7 Å². The van der Waals surface area contributed by atoms with Crippen molar-refractivity contribution in [3.63, 3.8) is 0 Å². The van der Waals surface area contributed by atoms with Crippen molar-refractivity contribution in [2.24, 2.45) is 0 Å². The molecule has 0 unspecified atom stereocenters. The van der Waals surface area contributed by atoms with Crippen molar-refractivity contribution in [3.8, 4) is 0 Å². The summed E-state index contributed by atoms with van der Waals surface area (Å²) in [6.45, 7) is 0.599. The van der Waals surface area contributed by atoms with Gasteiger partial charge in [-0.1, -0.05) is 0 Å². The first-order chi connectivity index (χ1) is 12.2. The molecule has 0 fully saturated rings. The predicted octanol–water partition coefficient (Wildman–Crippen LogP) is 3.20. The number of hydrogen-bond acceptors (Lipinski definition) is 2. The normalized spacial score (nSPS) is 14.4. The van der Waals surface area contributed by atoms with Crippen LogP contribution in [0.2, 0.25) is 0 Å². The molecule has 0 radical (unpaired) electrons. The molecule has 1 heterocycles. The average Bonchev–Trinajstić information content (AvgIpc) is 2.65. The van der Waals surface area contributed by atoms with Crippen molar-refractivity contribution in [1.29, 1.82) is 0 Å². The van der Waals surface area contributed by atoms with E-state index in [1.165, 1.54) is 29.0 Å². The van der Waals surface area contributed by atoms with Gasteiger partial charge in [0.15, 0.2) is 0 Å². The van der Waals surface area contributed by atoms with E-state index in [0.717, 1.165) is 23.7 Å². The molecular formula is C20H21FN2OSe. The SMILES string of the molecule is O=C(NCCC1=C([Se]c2ccccc2F)CCCC1)c1ccccn1. The first-order valence-electron chi connectivity index (χ1n) is 8.56. The number of amides is 1. The molecule has 0 bridgehead atoms. The van der Waals surface area contributed by atoms with Gasteiger partial charge >= 0.3 is 154 Å². The molecule has 3 nitrogen and oxygen atoms in total. The van der Waals surface area contributed by atoms with E-state index in [2.05, 4.69) is 10.3 Å². The molecule has 1 N–H and O–H groups in total. The van der Waals surface area contributed by atoms with E-state index in [0.29, 0.717) is 12.2 Å². The van der Waals surface area contributed by atoms with Gasteiger partial charge in [-0.25, -0.2) is 0 Å². The van der Waals surface area contributed by atoms with Gasteiger partial charge in [0.2, 0.25) is 0 Å². The number of nitrogens with zero attached hydrogens (tertiary/aromatic N) is 1. The molecule has 130 valence electrons. The molecule has 25 heavy (non-hydrogen) atoms. The monoisotopic (exact) mass is 404 g/mol. The first kappa shape index (κ1) is 17.8. The molecule has 1 aromatic heterocycles. The molecule has 5 heteroatoms. The van der Waals surface area contributed by atoms with Gasteiger partial charge in [0.25, 0.3) is 0 Å². The summed E-state index contributed by atoms with van der Waals surface area (Å²) in [5.41, 5.74) is 1.84. The van der Waals surface area contributed by atoms with E-state index in [1.54, 1.807) is 30.5 Å². The van der Waals surface area contributed by atoms with Crippen molar-refractivity contribution in [3.05, 3.63) is 70.2 Å². The van der Waals surface area contributed by atoms with Crippen LogP contribution in [0.4, 0.5) is 4.39 Å². The Morgan fingerprint density at radius 3 is 2.72 bits per heavy atom. The Kier molecular flexibility index (Phi) is 6.37. The molecule has 0 spiro atoms. The molecule has 1 aliphatic rings. The third kappa shape index (κ3) is 5.00. The molecule has 0 aliphatic heterocycles. The van der Waals surface area contributed by atoms with Gasteiger partial charge in [-0.05, 0) is 0 Å². The van der Waals surface area contributed by atoms with Gasteiger partial charge < -0.3 is 0 Å². The van der Waals surface area contributed by atoms with Crippen molar-refractivity contribution in [2.45, 2.75) is 32.1 Å². The van der Waals surface area contributed by atoms with Crippen molar-refractivity contribution >= 4 is 25.3 Å². The molecule has 0 saturated carbocycles. The number of allylic oxidation sites excluding steroid dienone is 1. The number of benzene rings is 1. The van der Waals surface area contributed by atoms with Crippen LogP contribution < -0.4 is 9.78 Å². The maximum absolute atomic E-state index is 13.9. The number of pyridine rings is 1. The van der Waals surface area contributed by atoms with E-state index >= 15 is 0 Å². The number of nitrogens with one attached hydrogen (secondary N) is 1. The quantitative estimate of drug-likeness (QED) is 0.753. The summed E-state index contributed by atoms with van der Waals surface area (Å²) >= 11 is 0.0338. The summed E-state index contributed by atoms with van der Waals surface area (Å²) in [6.07, 6.45) is 6.93. The second kappa shape index (κ2) is 8.93. The third-order valence-corrected chi connectivity index (χ3v) is 6.91. The Morgan fingerprint density at radius 1 is 1.12 bits per heavy atom. The van der Waals surface area contributed by atoms with Gasteiger partial charge in [0.05, 0.1) is 0 Å². The van der Waals surface area contributed by atoms with Gasteiger partial charge in [-0.15, -0.1) is 0 Å². The van der Waals surface area contributed by atoms with Crippen molar-refractivity contribution < 1.29 is 9.18 Å². The number of carbonyl (C=O) groups is 1. The Hall–Kier alpha value is -1.97. The zero-order chi connectivity index (χ0) is 17.5. The molecule has 2 aromatic rings. The molecule has 1 aliphatic carbocycles. The molecule has 1 amide bonds. The maximum atomic E-state index is 13.9.